The number of carbonyl (C=O) groups is 2. The summed E-state index contributed by atoms with van der Waals surface area (Å²) in [5, 5.41) is 2.55. The molecular weight excluding hydrogens is 370 g/mol. The molecule has 0 saturated heterocycles. The average molecular weight is 383 g/mol. The molecule has 1 amide bonds. The molecule has 3 rings (SSSR count). The van der Waals surface area contributed by atoms with Crippen molar-refractivity contribution in [3.8, 4) is 0 Å². The Hall–Kier alpha value is -2.02. The van der Waals surface area contributed by atoms with Gasteiger partial charge in [-0.15, -0.1) is 0 Å². The molecule has 0 unspecified atom stereocenters. The molecule has 4 nitrogen and oxygen atoms in total. The lowest BCUT2D eigenvalue weighted by atomic mass is 10.1. The van der Waals surface area contributed by atoms with E-state index in [-0.39, 0.29) is 11.5 Å². The summed E-state index contributed by atoms with van der Waals surface area (Å²) in [6.07, 6.45) is 1.54. The minimum atomic E-state index is -1.03. The first-order valence-corrected chi connectivity index (χ1v) is 7.87. The smallest absolute Gasteiger partial charge is 0.258 e. The molecule has 1 aliphatic heterocycles. The molecule has 2 heterocycles. The van der Waals surface area contributed by atoms with Gasteiger partial charge in [-0.3, -0.25) is 9.59 Å². The number of nitrogens with zero attached hydrogens (tertiary/aromatic N) is 1. The van der Waals surface area contributed by atoms with Gasteiger partial charge in [-0.05, 0) is 40.9 Å². The third-order valence-electron chi connectivity index (χ3n) is 3.85. The van der Waals surface area contributed by atoms with Crippen molar-refractivity contribution in [3.63, 3.8) is 0 Å². The van der Waals surface area contributed by atoms with Gasteiger partial charge in [-0.2, -0.15) is 0 Å². The van der Waals surface area contributed by atoms with Crippen LogP contribution in [0.25, 0.3) is 0 Å². The minimum absolute atomic E-state index is 0.132. The van der Waals surface area contributed by atoms with Crippen LogP contribution in [0.4, 0.5) is 14.5 Å². The highest BCUT2D eigenvalue weighted by Gasteiger charge is 2.30. The number of halogens is 3. The molecule has 23 heavy (non-hydrogen) atoms. The van der Waals surface area contributed by atoms with Crippen LogP contribution < -0.4 is 5.32 Å². The zero-order chi connectivity index (χ0) is 16.7. The van der Waals surface area contributed by atoms with Gasteiger partial charge in [0.2, 0.25) is 0 Å². The van der Waals surface area contributed by atoms with Crippen LogP contribution >= 0.6 is 15.9 Å². The monoisotopic (exact) mass is 382 g/mol. The van der Waals surface area contributed by atoms with Gasteiger partial charge in [0.15, 0.2) is 17.4 Å². The number of hydrogen-bond donors (Lipinski definition) is 1. The van der Waals surface area contributed by atoms with Gasteiger partial charge in [0.1, 0.15) is 0 Å². The van der Waals surface area contributed by atoms with Gasteiger partial charge in [0, 0.05) is 30.9 Å². The Kier molecular flexibility index (Phi) is 4.06. The van der Waals surface area contributed by atoms with E-state index in [0.29, 0.717) is 28.7 Å². The third-order valence-corrected chi connectivity index (χ3v) is 4.62. The standard InChI is InChI=1S/C16H13BrF2N2O2/c1-8(22)15-14(17)13(12-3-2-6-21(12)15)16(23)20-9-4-5-10(18)11(19)7-9/h4-5,7H,2-3,6H2,1H3,(H,20,23). The van der Waals surface area contributed by atoms with Gasteiger partial charge < -0.3 is 9.88 Å². The zero-order valence-corrected chi connectivity index (χ0v) is 13.8. The molecule has 1 aromatic carbocycles. The molecule has 0 saturated carbocycles. The van der Waals surface area contributed by atoms with Crippen LogP contribution in [-0.2, 0) is 13.0 Å². The molecule has 0 aliphatic carbocycles. The number of rotatable bonds is 3. The molecule has 7 heteroatoms. The van der Waals surface area contributed by atoms with Gasteiger partial charge in [0.05, 0.1) is 15.7 Å². The fourth-order valence-corrected chi connectivity index (χ4v) is 3.79. The number of carbonyl (C=O) groups excluding carboxylic acids is 2. The van der Waals surface area contributed by atoms with E-state index >= 15 is 0 Å². The Morgan fingerprint density at radius 1 is 1.26 bits per heavy atom. The van der Waals surface area contributed by atoms with E-state index in [9.17, 15) is 18.4 Å². The largest absolute Gasteiger partial charge is 0.340 e. The number of aromatic nitrogens is 1. The van der Waals surface area contributed by atoms with Crippen LogP contribution in [-0.4, -0.2) is 16.3 Å². The van der Waals surface area contributed by atoms with Crippen LogP contribution in [0.5, 0.6) is 0 Å². The van der Waals surface area contributed by atoms with E-state index in [1.807, 2.05) is 4.57 Å². The molecule has 0 atom stereocenters. The quantitative estimate of drug-likeness (QED) is 0.817. The van der Waals surface area contributed by atoms with Crippen molar-refractivity contribution in [2.45, 2.75) is 26.3 Å². The fourth-order valence-electron chi connectivity index (χ4n) is 2.89. The molecule has 1 aromatic heterocycles. The van der Waals surface area contributed by atoms with E-state index in [0.717, 1.165) is 24.2 Å². The van der Waals surface area contributed by atoms with Crippen molar-refractivity contribution >= 4 is 33.3 Å². The second kappa shape index (κ2) is 5.88. The van der Waals surface area contributed by atoms with E-state index in [1.54, 1.807) is 0 Å². The minimum Gasteiger partial charge on any atom is -0.340 e. The summed E-state index contributed by atoms with van der Waals surface area (Å²) < 4.78 is 28.5. The van der Waals surface area contributed by atoms with Crippen molar-refractivity contribution in [1.82, 2.24) is 4.57 Å². The number of amides is 1. The fraction of sp³-hybridized carbons (Fsp3) is 0.250. The van der Waals surface area contributed by atoms with Crippen LogP contribution in [0.3, 0.4) is 0 Å². The predicted molar refractivity (Wildman–Crippen MR) is 84.8 cm³/mol. The highest BCUT2D eigenvalue weighted by atomic mass is 79.9. The highest BCUT2D eigenvalue weighted by Crippen LogP contribution is 2.34. The Morgan fingerprint density at radius 2 is 2.00 bits per heavy atom. The van der Waals surface area contributed by atoms with Crippen LogP contribution in [0.2, 0.25) is 0 Å². The van der Waals surface area contributed by atoms with E-state index in [1.165, 1.54) is 13.0 Å². The van der Waals surface area contributed by atoms with Gasteiger partial charge in [-0.1, -0.05) is 0 Å². The molecule has 0 bridgehead atoms. The second-order valence-corrected chi connectivity index (χ2v) is 6.17. The average Bonchev–Trinajstić information content (AvgIpc) is 3.01. The molecule has 0 radical (unpaired) electrons. The summed E-state index contributed by atoms with van der Waals surface area (Å²) in [4.78, 5) is 24.4. The first-order valence-electron chi connectivity index (χ1n) is 7.08. The number of Topliss-reactive ketones (excluding diaryl/α,β-unsaturated/α-hetero) is 1. The number of hydrogen-bond acceptors (Lipinski definition) is 2. The van der Waals surface area contributed by atoms with Crippen LogP contribution in [0.1, 0.15) is 39.9 Å². The molecule has 1 aliphatic rings. The molecule has 2 aromatic rings. The lowest BCUT2D eigenvalue weighted by molar-refractivity contribution is 0.100. The van der Waals surface area contributed by atoms with Crippen molar-refractivity contribution in [1.29, 1.82) is 0 Å². The van der Waals surface area contributed by atoms with Crippen molar-refractivity contribution in [3.05, 3.63) is 51.3 Å². The maximum Gasteiger partial charge on any atom is 0.258 e. The molecule has 120 valence electrons. The van der Waals surface area contributed by atoms with Crippen LogP contribution in [0, 0.1) is 11.6 Å². The summed E-state index contributed by atoms with van der Waals surface area (Å²) in [6.45, 7) is 2.13. The summed E-state index contributed by atoms with van der Waals surface area (Å²) in [7, 11) is 0. The predicted octanol–water partition coefficient (Wildman–Crippen LogP) is 3.93. The van der Waals surface area contributed by atoms with Crippen molar-refractivity contribution < 1.29 is 18.4 Å². The SMILES string of the molecule is CC(=O)c1c(Br)c(C(=O)Nc2ccc(F)c(F)c2)c2n1CCC2. The number of fused-ring (bicyclic) bond motifs is 1. The van der Waals surface area contributed by atoms with Gasteiger partial charge in [0.25, 0.3) is 5.91 Å². The molecular formula is C16H13BrF2N2O2. The van der Waals surface area contributed by atoms with E-state index in [2.05, 4.69) is 21.2 Å². The first kappa shape index (κ1) is 15.9. The summed E-state index contributed by atoms with van der Waals surface area (Å²) in [5.41, 5.74) is 1.77. The topological polar surface area (TPSA) is 51.1 Å². The Bertz CT molecular complexity index is 830. The van der Waals surface area contributed by atoms with Gasteiger partial charge in [-0.25, -0.2) is 8.78 Å². The normalized spacial score (nSPS) is 13.0. The Labute approximate surface area is 139 Å². The summed E-state index contributed by atoms with van der Waals surface area (Å²) >= 11 is 3.33. The van der Waals surface area contributed by atoms with Crippen LogP contribution in [0.15, 0.2) is 22.7 Å². The van der Waals surface area contributed by atoms with Gasteiger partial charge >= 0.3 is 0 Å². The second-order valence-electron chi connectivity index (χ2n) is 5.38. The van der Waals surface area contributed by atoms with Crippen molar-refractivity contribution in [2.75, 3.05) is 5.32 Å². The number of ketones is 1. The van der Waals surface area contributed by atoms with Crippen molar-refractivity contribution in [2.24, 2.45) is 0 Å². The Balaban J connectivity index is 1.98. The van der Waals surface area contributed by atoms with E-state index < -0.39 is 17.5 Å². The molecule has 0 spiro atoms. The lowest BCUT2D eigenvalue weighted by Gasteiger charge is -2.06. The number of nitrogens with one attached hydrogen (secondary N) is 1. The Morgan fingerprint density at radius 3 is 2.65 bits per heavy atom. The molecule has 1 N–H and O–H groups in total. The number of anilines is 1. The highest BCUT2D eigenvalue weighted by molar-refractivity contribution is 9.10. The summed E-state index contributed by atoms with van der Waals surface area (Å²) in [6, 6.07) is 3.15. The first-order chi connectivity index (χ1) is 10.9. The maximum atomic E-state index is 13.3. The summed E-state index contributed by atoms with van der Waals surface area (Å²) in [5.74, 6) is -2.60. The lowest BCUT2D eigenvalue weighted by Crippen LogP contribution is -2.14. The number of benzene rings is 1. The maximum absolute atomic E-state index is 13.3. The zero-order valence-electron chi connectivity index (χ0n) is 12.3. The van der Waals surface area contributed by atoms with E-state index in [4.69, 9.17) is 0 Å². The third kappa shape index (κ3) is 2.69. The molecule has 0 fully saturated rings.